The Morgan fingerprint density at radius 3 is 2.22 bits per heavy atom. The second-order valence-electron chi connectivity index (χ2n) is 1.64. The zero-order valence-corrected chi connectivity index (χ0v) is 5.29. The molecule has 0 aliphatic rings. The number of rotatable bonds is 3. The molecule has 1 atom stereocenters. The van der Waals surface area contributed by atoms with Gasteiger partial charge in [0.05, 0.1) is 0 Å². The SMILES string of the molecule is CCCC(O)C(=O)O.O. The minimum absolute atomic E-state index is 0. The lowest BCUT2D eigenvalue weighted by molar-refractivity contribution is -0.146. The van der Waals surface area contributed by atoms with Gasteiger partial charge in [-0.25, -0.2) is 4.79 Å². The third-order valence-corrected chi connectivity index (χ3v) is 0.847. The van der Waals surface area contributed by atoms with Crippen molar-refractivity contribution in [2.24, 2.45) is 0 Å². The first kappa shape index (κ1) is 11.2. The Bertz CT molecular complexity index is 81.0. The molecule has 4 N–H and O–H groups in total. The number of aliphatic hydroxyl groups excluding tert-OH is 1. The quantitative estimate of drug-likeness (QED) is 0.543. The highest BCUT2D eigenvalue weighted by Crippen LogP contribution is 1.93. The van der Waals surface area contributed by atoms with Gasteiger partial charge >= 0.3 is 5.97 Å². The van der Waals surface area contributed by atoms with Crippen LogP contribution in [0.5, 0.6) is 0 Å². The first-order chi connectivity index (χ1) is 3.68. The Kier molecular flexibility index (Phi) is 6.89. The van der Waals surface area contributed by atoms with Gasteiger partial charge in [-0.15, -0.1) is 0 Å². The largest absolute Gasteiger partial charge is 0.479 e. The van der Waals surface area contributed by atoms with Crippen molar-refractivity contribution in [2.45, 2.75) is 25.9 Å². The normalized spacial score (nSPS) is 11.8. The van der Waals surface area contributed by atoms with E-state index in [4.69, 9.17) is 10.2 Å². The van der Waals surface area contributed by atoms with Crippen LogP contribution in [0.3, 0.4) is 0 Å². The third kappa shape index (κ3) is 5.26. The fraction of sp³-hybridized carbons (Fsp3) is 0.800. The predicted octanol–water partition coefficient (Wildman–Crippen LogP) is -0.593. The highest BCUT2D eigenvalue weighted by Gasteiger charge is 2.09. The molecule has 0 heterocycles. The van der Waals surface area contributed by atoms with Gasteiger partial charge in [0.15, 0.2) is 6.10 Å². The number of aliphatic carboxylic acids is 1. The molecule has 0 amide bonds. The van der Waals surface area contributed by atoms with Crippen molar-refractivity contribution < 1.29 is 20.5 Å². The summed E-state index contributed by atoms with van der Waals surface area (Å²) in [6.07, 6.45) is -0.122. The van der Waals surface area contributed by atoms with Crippen molar-refractivity contribution >= 4 is 5.97 Å². The van der Waals surface area contributed by atoms with Crippen molar-refractivity contribution in [1.29, 1.82) is 0 Å². The number of carboxylic acids is 1. The van der Waals surface area contributed by atoms with E-state index in [-0.39, 0.29) is 5.48 Å². The molecule has 0 saturated heterocycles. The van der Waals surface area contributed by atoms with Gasteiger partial charge in [0.1, 0.15) is 0 Å². The van der Waals surface area contributed by atoms with Crippen LogP contribution in [0.4, 0.5) is 0 Å². The lowest BCUT2D eigenvalue weighted by atomic mass is 10.2. The van der Waals surface area contributed by atoms with Gasteiger partial charge < -0.3 is 15.7 Å². The first-order valence-corrected chi connectivity index (χ1v) is 2.59. The molecular weight excluding hydrogens is 124 g/mol. The molecule has 0 saturated carbocycles. The summed E-state index contributed by atoms with van der Waals surface area (Å²) in [7, 11) is 0. The molecule has 0 aliphatic heterocycles. The molecule has 0 aromatic heterocycles. The van der Waals surface area contributed by atoms with Gasteiger partial charge in [0, 0.05) is 0 Å². The van der Waals surface area contributed by atoms with Gasteiger partial charge in [0.2, 0.25) is 0 Å². The van der Waals surface area contributed by atoms with E-state index in [9.17, 15) is 4.79 Å². The number of hydrogen-bond acceptors (Lipinski definition) is 2. The maximum atomic E-state index is 9.84. The molecular formula is C5H12O4. The van der Waals surface area contributed by atoms with Crippen molar-refractivity contribution in [3.63, 3.8) is 0 Å². The molecule has 0 aromatic carbocycles. The Morgan fingerprint density at radius 2 is 2.11 bits per heavy atom. The minimum atomic E-state index is -1.17. The topological polar surface area (TPSA) is 89.0 Å². The van der Waals surface area contributed by atoms with Crippen LogP contribution in [0, 0.1) is 0 Å². The lowest BCUT2D eigenvalue weighted by Crippen LogP contribution is -2.18. The summed E-state index contributed by atoms with van der Waals surface area (Å²) in [6, 6.07) is 0. The van der Waals surface area contributed by atoms with E-state index in [2.05, 4.69) is 0 Å². The monoisotopic (exact) mass is 136 g/mol. The molecule has 9 heavy (non-hydrogen) atoms. The zero-order chi connectivity index (χ0) is 6.57. The third-order valence-electron chi connectivity index (χ3n) is 0.847. The van der Waals surface area contributed by atoms with Crippen LogP contribution in [0.1, 0.15) is 19.8 Å². The molecule has 0 aromatic rings. The number of hydrogen-bond donors (Lipinski definition) is 2. The van der Waals surface area contributed by atoms with Gasteiger partial charge in [-0.1, -0.05) is 13.3 Å². The molecule has 56 valence electrons. The molecule has 0 radical (unpaired) electrons. The van der Waals surface area contributed by atoms with E-state index in [0.717, 1.165) is 0 Å². The molecule has 1 unspecified atom stereocenters. The summed E-state index contributed by atoms with van der Waals surface area (Å²) < 4.78 is 0. The standard InChI is InChI=1S/C5H10O3.H2O/c1-2-3-4(6)5(7)8;/h4,6H,2-3H2,1H3,(H,7,8);1H2. The van der Waals surface area contributed by atoms with Crippen LogP contribution in [-0.2, 0) is 4.79 Å². The second kappa shape index (κ2) is 5.53. The van der Waals surface area contributed by atoms with Crippen LogP contribution < -0.4 is 0 Å². The second-order valence-corrected chi connectivity index (χ2v) is 1.64. The van der Waals surface area contributed by atoms with Crippen molar-refractivity contribution in [2.75, 3.05) is 0 Å². The molecule has 0 bridgehead atoms. The maximum Gasteiger partial charge on any atom is 0.332 e. The Labute approximate surface area is 53.4 Å². The Hall–Kier alpha value is -0.610. The molecule has 4 heteroatoms. The van der Waals surface area contributed by atoms with E-state index in [1.807, 2.05) is 6.92 Å². The van der Waals surface area contributed by atoms with Crippen molar-refractivity contribution in [3.8, 4) is 0 Å². The molecule has 0 aliphatic carbocycles. The van der Waals surface area contributed by atoms with Crippen LogP contribution in [0.15, 0.2) is 0 Å². The fourth-order valence-corrected chi connectivity index (χ4v) is 0.397. The maximum absolute atomic E-state index is 9.84. The molecule has 0 fully saturated rings. The molecule has 4 nitrogen and oxygen atoms in total. The number of aliphatic hydroxyl groups is 1. The zero-order valence-electron chi connectivity index (χ0n) is 5.29. The Balaban J connectivity index is 0. The minimum Gasteiger partial charge on any atom is -0.479 e. The number of carbonyl (C=O) groups is 1. The van der Waals surface area contributed by atoms with Crippen LogP contribution in [-0.4, -0.2) is 27.8 Å². The van der Waals surface area contributed by atoms with Gasteiger partial charge in [-0.05, 0) is 6.42 Å². The van der Waals surface area contributed by atoms with Crippen LogP contribution in [0.25, 0.3) is 0 Å². The summed E-state index contributed by atoms with van der Waals surface area (Å²) in [4.78, 5) is 9.84. The molecule has 0 spiro atoms. The Morgan fingerprint density at radius 1 is 1.67 bits per heavy atom. The van der Waals surface area contributed by atoms with E-state index < -0.39 is 12.1 Å². The highest BCUT2D eigenvalue weighted by atomic mass is 16.4. The van der Waals surface area contributed by atoms with E-state index in [1.165, 1.54) is 0 Å². The fourth-order valence-electron chi connectivity index (χ4n) is 0.397. The van der Waals surface area contributed by atoms with Gasteiger partial charge in [0.25, 0.3) is 0 Å². The van der Waals surface area contributed by atoms with Gasteiger partial charge in [-0.2, -0.15) is 0 Å². The summed E-state index contributed by atoms with van der Waals surface area (Å²) in [6.45, 7) is 1.83. The van der Waals surface area contributed by atoms with Crippen molar-refractivity contribution in [3.05, 3.63) is 0 Å². The summed E-state index contributed by atoms with van der Waals surface area (Å²) in [5, 5.41) is 16.6. The van der Waals surface area contributed by atoms with E-state index in [1.54, 1.807) is 0 Å². The highest BCUT2D eigenvalue weighted by molar-refractivity contribution is 5.71. The summed E-state index contributed by atoms with van der Waals surface area (Å²) in [5.41, 5.74) is 0. The summed E-state index contributed by atoms with van der Waals surface area (Å²) >= 11 is 0. The van der Waals surface area contributed by atoms with E-state index in [0.29, 0.717) is 12.8 Å². The number of carboxylic acid groups (broad SMARTS) is 1. The smallest absolute Gasteiger partial charge is 0.332 e. The van der Waals surface area contributed by atoms with Crippen LogP contribution >= 0.6 is 0 Å². The van der Waals surface area contributed by atoms with E-state index >= 15 is 0 Å². The average Bonchev–Trinajstić information content (AvgIpc) is 1.67. The first-order valence-electron chi connectivity index (χ1n) is 2.59. The van der Waals surface area contributed by atoms with Gasteiger partial charge in [-0.3, -0.25) is 0 Å². The lowest BCUT2D eigenvalue weighted by Gasteiger charge is -1.99. The van der Waals surface area contributed by atoms with Crippen molar-refractivity contribution in [1.82, 2.24) is 0 Å². The van der Waals surface area contributed by atoms with Crippen LogP contribution in [0.2, 0.25) is 0 Å². The molecule has 0 rings (SSSR count). The predicted molar refractivity (Wildman–Crippen MR) is 32.2 cm³/mol. The summed E-state index contributed by atoms with van der Waals surface area (Å²) in [5.74, 6) is -1.13. The average molecular weight is 136 g/mol.